The highest BCUT2D eigenvalue weighted by Gasteiger charge is 2.30. The predicted octanol–water partition coefficient (Wildman–Crippen LogP) is 4.36. The minimum Gasteiger partial charge on any atom is -0.311 e. The van der Waals surface area contributed by atoms with Crippen LogP contribution in [0, 0.1) is 0 Å². The topological polar surface area (TPSA) is 24.9 Å². The van der Waals surface area contributed by atoms with Crippen molar-refractivity contribution in [3.05, 3.63) is 40.2 Å². The first kappa shape index (κ1) is 16.9. The average molecular weight is 323 g/mol. The minimum absolute atomic E-state index is 0. The van der Waals surface area contributed by atoms with Gasteiger partial charge >= 0.3 is 6.18 Å². The Bertz CT molecular complexity index is 555. The Morgan fingerprint density at radius 3 is 2.70 bits per heavy atom. The van der Waals surface area contributed by atoms with Crippen LogP contribution in [0.4, 0.5) is 13.2 Å². The quantitative estimate of drug-likeness (QED) is 0.904. The summed E-state index contributed by atoms with van der Waals surface area (Å²) in [5, 5.41) is 5.78. The summed E-state index contributed by atoms with van der Waals surface area (Å²) in [7, 11) is 0. The maximum atomic E-state index is 12.6. The Kier molecular flexibility index (Phi) is 5.98. The van der Waals surface area contributed by atoms with Crippen LogP contribution >= 0.6 is 23.7 Å². The van der Waals surface area contributed by atoms with Crippen LogP contribution in [0.3, 0.4) is 0 Å². The molecule has 0 bridgehead atoms. The molecular weight excluding hydrogens is 309 g/mol. The molecule has 2 rings (SSSR count). The second kappa shape index (κ2) is 7.06. The summed E-state index contributed by atoms with van der Waals surface area (Å²) in [6.45, 7) is 3.46. The third-order valence-electron chi connectivity index (χ3n) is 2.56. The number of rotatable bonds is 4. The van der Waals surface area contributed by atoms with E-state index in [0.717, 1.165) is 23.7 Å². The largest absolute Gasteiger partial charge is 0.416 e. The van der Waals surface area contributed by atoms with Crippen LogP contribution in [-0.4, -0.2) is 11.5 Å². The molecule has 7 heteroatoms. The summed E-state index contributed by atoms with van der Waals surface area (Å²) < 4.78 is 37.9. The third-order valence-corrected chi connectivity index (χ3v) is 3.41. The first-order valence-electron chi connectivity index (χ1n) is 5.83. The molecule has 0 aliphatic heterocycles. The zero-order chi connectivity index (χ0) is 13.9. The number of thiazole rings is 1. The van der Waals surface area contributed by atoms with Crippen molar-refractivity contribution in [2.45, 2.75) is 19.6 Å². The van der Waals surface area contributed by atoms with Gasteiger partial charge in [0.25, 0.3) is 0 Å². The number of aromatic nitrogens is 1. The SMILES string of the molecule is CCNCc1nc(-c2cccc(C(F)(F)F)c2)cs1.Cl. The van der Waals surface area contributed by atoms with Crippen molar-refractivity contribution in [3.8, 4) is 11.3 Å². The molecule has 0 aliphatic rings. The van der Waals surface area contributed by atoms with Crippen molar-refractivity contribution in [2.24, 2.45) is 0 Å². The number of hydrogen-bond donors (Lipinski definition) is 1. The van der Waals surface area contributed by atoms with Crippen LogP contribution in [-0.2, 0) is 12.7 Å². The second-order valence-corrected chi connectivity index (χ2v) is 4.93. The molecule has 0 fully saturated rings. The average Bonchev–Trinajstić information content (AvgIpc) is 2.84. The van der Waals surface area contributed by atoms with Gasteiger partial charge in [-0.05, 0) is 18.7 Å². The van der Waals surface area contributed by atoms with Crippen LogP contribution in [0.25, 0.3) is 11.3 Å². The van der Waals surface area contributed by atoms with Gasteiger partial charge in [0.15, 0.2) is 0 Å². The van der Waals surface area contributed by atoms with E-state index in [0.29, 0.717) is 17.8 Å². The van der Waals surface area contributed by atoms with E-state index in [1.807, 2.05) is 6.92 Å². The van der Waals surface area contributed by atoms with E-state index in [-0.39, 0.29) is 12.4 Å². The highest BCUT2D eigenvalue weighted by atomic mass is 35.5. The lowest BCUT2D eigenvalue weighted by atomic mass is 10.1. The van der Waals surface area contributed by atoms with Gasteiger partial charge in [-0.1, -0.05) is 19.1 Å². The van der Waals surface area contributed by atoms with E-state index >= 15 is 0 Å². The Balaban J connectivity index is 0.00000200. The minimum atomic E-state index is -4.32. The van der Waals surface area contributed by atoms with Crippen molar-refractivity contribution >= 4 is 23.7 Å². The number of alkyl halides is 3. The summed E-state index contributed by atoms with van der Waals surface area (Å²) in [6, 6.07) is 5.24. The lowest BCUT2D eigenvalue weighted by Gasteiger charge is -2.07. The molecule has 0 radical (unpaired) electrons. The van der Waals surface area contributed by atoms with Gasteiger partial charge in [0.05, 0.1) is 11.3 Å². The fourth-order valence-electron chi connectivity index (χ4n) is 1.61. The van der Waals surface area contributed by atoms with Crippen molar-refractivity contribution < 1.29 is 13.2 Å². The van der Waals surface area contributed by atoms with Gasteiger partial charge in [-0.25, -0.2) is 4.98 Å². The molecule has 2 aromatic rings. The maximum Gasteiger partial charge on any atom is 0.416 e. The summed E-state index contributed by atoms with van der Waals surface area (Å²) in [4.78, 5) is 4.33. The fraction of sp³-hybridized carbons (Fsp3) is 0.308. The standard InChI is InChI=1S/C13H13F3N2S.ClH/c1-2-17-7-12-18-11(8-19-12)9-4-3-5-10(6-9)13(14,15)16;/h3-6,8,17H,2,7H2,1H3;1H. The molecule has 0 aliphatic carbocycles. The highest BCUT2D eigenvalue weighted by molar-refractivity contribution is 7.09. The Labute approximate surface area is 125 Å². The summed E-state index contributed by atoms with van der Waals surface area (Å²) in [5.41, 5.74) is 0.434. The van der Waals surface area contributed by atoms with Gasteiger partial charge < -0.3 is 5.32 Å². The van der Waals surface area contributed by atoms with Gasteiger partial charge in [0.1, 0.15) is 5.01 Å². The molecule has 1 aromatic carbocycles. The number of hydrogen-bond acceptors (Lipinski definition) is 3. The summed E-state index contributed by atoms with van der Waals surface area (Å²) in [5.74, 6) is 0. The van der Waals surface area contributed by atoms with Gasteiger partial charge in [-0.3, -0.25) is 0 Å². The first-order valence-corrected chi connectivity index (χ1v) is 6.71. The van der Waals surface area contributed by atoms with Crippen LogP contribution in [0.5, 0.6) is 0 Å². The van der Waals surface area contributed by atoms with Crippen molar-refractivity contribution in [1.82, 2.24) is 10.3 Å². The summed E-state index contributed by atoms with van der Waals surface area (Å²) in [6.07, 6.45) is -4.32. The lowest BCUT2D eigenvalue weighted by Crippen LogP contribution is -2.11. The molecule has 0 saturated carbocycles. The van der Waals surface area contributed by atoms with E-state index < -0.39 is 11.7 Å². The number of halogens is 4. The van der Waals surface area contributed by atoms with E-state index in [4.69, 9.17) is 0 Å². The molecule has 0 spiro atoms. The summed E-state index contributed by atoms with van der Waals surface area (Å²) >= 11 is 1.44. The molecular formula is C13H14ClF3N2S. The van der Waals surface area contributed by atoms with Gasteiger partial charge in [0, 0.05) is 17.5 Å². The normalized spacial score (nSPS) is 11.2. The molecule has 0 unspecified atom stereocenters. The van der Waals surface area contributed by atoms with Gasteiger partial charge in [-0.15, -0.1) is 23.7 Å². The van der Waals surface area contributed by atoms with Crippen LogP contribution in [0.2, 0.25) is 0 Å². The van der Waals surface area contributed by atoms with Crippen LogP contribution in [0.1, 0.15) is 17.5 Å². The zero-order valence-electron chi connectivity index (χ0n) is 10.7. The monoisotopic (exact) mass is 322 g/mol. The van der Waals surface area contributed by atoms with Gasteiger partial charge in [-0.2, -0.15) is 13.2 Å². The van der Waals surface area contributed by atoms with Crippen molar-refractivity contribution in [1.29, 1.82) is 0 Å². The molecule has 0 saturated heterocycles. The Morgan fingerprint density at radius 1 is 1.30 bits per heavy atom. The maximum absolute atomic E-state index is 12.6. The number of benzene rings is 1. The molecule has 1 N–H and O–H groups in total. The molecule has 1 heterocycles. The molecule has 1 aromatic heterocycles. The molecule has 20 heavy (non-hydrogen) atoms. The van der Waals surface area contributed by atoms with Crippen molar-refractivity contribution in [3.63, 3.8) is 0 Å². The van der Waals surface area contributed by atoms with E-state index in [9.17, 15) is 13.2 Å². The molecule has 110 valence electrons. The molecule has 2 nitrogen and oxygen atoms in total. The molecule has 0 atom stereocenters. The molecule has 0 amide bonds. The van der Waals surface area contributed by atoms with Crippen LogP contribution < -0.4 is 5.32 Å². The van der Waals surface area contributed by atoms with E-state index in [1.54, 1.807) is 11.4 Å². The van der Waals surface area contributed by atoms with E-state index in [2.05, 4.69) is 10.3 Å². The predicted molar refractivity (Wildman–Crippen MR) is 77.2 cm³/mol. The zero-order valence-corrected chi connectivity index (χ0v) is 12.3. The van der Waals surface area contributed by atoms with E-state index in [1.165, 1.54) is 17.4 Å². The Morgan fingerprint density at radius 2 is 2.05 bits per heavy atom. The lowest BCUT2D eigenvalue weighted by molar-refractivity contribution is -0.137. The third kappa shape index (κ3) is 4.19. The van der Waals surface area contributed by atoms with Crippen molar-refractivity contribution in [2.75, 3.05) is 6.54 Å². The Hall–Kier alpha value is -1.11. The first-order chi connectivity index (χ1) is 9.00. The number of nitrogens with one attached hydrogen (secondary N) is 1. The van der Waals surface area contributed by atoms with Crippen LogP contribution in [0.15, 0.2) is 29.6 Å². The highest BCUT2D eigenvalue weighted by Crippen LogP contribution is 2.32. The smallest absolute Gasteiger partial charge is 0.311 e. The number of nitrogens with zero attached hydrogens (tertiary/aromatic N) is 1. The second-order valence-electron chi connectivity index (χ2n) is 3.99. The van der Waals surface area contributed by atoms with Gasteiger partial charge in [0.2, 0.25) is 0 Å². The fourth-order valence-corrected chi connectivity index (χ4v) is 2.38.